The van der Waals surface area contributed by atoms with Gasteiger partial charge in [-0.25, -0.2) is 22.9 Å². The van der Waals surface area contributed by atoms with Gasteiger partial charge in [-0.1, -0.05) is 26.0 Å². The molecule has 10 nitrogen and oxygen atoms in total. The number of pyridine rings is 3. The van der Waals surface area contributed by atoms with Gasteiger partial charge in [0, 0.05) is 29.7 Å². The van der Waals surface area contributed by atoms with Crippen molar-refractivity contribution in [3.05, 3.63) is 75.3 Å². The highest BCUT2D eigenvalue weighted by Crippen LogP contribution is 2.44. The predicted molar refractivity (Wildman–Crippen MR) is 186 cm³/mol. The Bertz CT molecular complexity index is 2070. The second kappa shape index (κ2) is 12.7. The first-order valence-corrected chi connectivity index (χ1v) is 16.7. The third-order valence-electron chi connectivity index (χ3n) is 9.22. The lowest BCUT2D eigenvalue weighted by Crippen LogP contribution is -2.67. The summed E-state index contributed by atoms with van der Waals surface area (Å²) in [5, 5.41) is 0.159. The molecular weight excluding hydrogens is 649 g/mol. The minimum atomic E-state index is -1.04. The van der Waals surface area contributed by atoms with Crippen molar-refractivity contribution in [1.82, 2.24) is 19.4 Å². The van der Waals surface area contributed by atoms with Gasteiger partial charge in [0.2, 0.25) is 0 Å². The van der Waals surface area contributed by atoms with Crippen molar-refractivity contribution in [2.24, 2.45) is 0 Å². The van der Waals surface area contributed by atoms with E-state index in [1.165, 1.54) is 27.7 Å². The van der Waals surface area contributed by atoms with Crippen LogP contribution in [0.25, 0.3) is 28.0 Å². The molecule has 13 heteroatoms. The van der Waals surface area contributed by atoms with E-state index in [9.17, 15) is 14.0 Å². The van der Waals surface area contributed by atoms with Gasteiger partial charge in [-0.15, -0.1) is 0 Å². The molecule has 0 bridgehead atoms. The third kappa shape index (κ3) is 5.75. The lowest BCUT2D eigenvalue weighted by molar-refractivity contribution is -0.121. The van der Waals surface area contributed by atoms with E-state index in [0.717, 1.165) is 4.90 Å². The summed E-state index contributed by atoms with van der Waals surface area (Å²) >= 11 is 0. The summed E-state index contributed by atoms with van der Waals surface area (Å²) in [5.74, 6) is -2.30. The number of hydrogen-bond donors (Lipinski definition) is 0. The Morgan fingerprint density at radius 1 is 1.02 bits per heavy atom. The van der Waals surface area contributed by atoms with Crippen LogP contribution in [0.3, 0.4) is 0 Å². The highest BCUT2D eigenvalue weighted by molar-refractivity contribution is 6.12. The number of piperazine rings is 1. The van der Waals surface area contributed by atoms with Gasteiger partial charge < -0.3 is 19.4 Å². The number of nitrogens with zero attached hydrogens (tertiary/aromatic N) is 6. The van der Waals surface area contributed by atoms with E-state index < -0.39 is 60.1 Å². The number of aromatic nitrogens is 3. The molecule has 0 unspecified atom stereocenters. The van der Waals surface area contributed by atoms with Crippen LogP contribution in [0.2, 0.25) is 0 Å². The first-order valence-electron chi connectivity index (χ1n) is 16.7. The van der Waals surface area contributed by atoms with E-state index in [0.29, 0.717) is 22.5 Å². The number of carbonyl (C=O) groups excluding carboxylic acids is 2. The second-order valence-electron chi connectivity index (χ2n) is 14.3. The molecule has 1 saturated heterocycles. The Morgan fingerprint density at radius 3 is 2.38 bits per heavy atom. The number of amides is 2. The number of ether oxygens (including phenoxy) is 1. The molecule has 264 valence electrons. The van der Waals surface area contributed by atoms with Crippen LogP contribution < -0.4 is 15.4 Å². The lowest BCUT2D eigenvalue weighted by Gasteiger charge is -2.50. The molecule has 5 heterocycles. The standard InChI is InChI=1S/C37H41F3N6O4/c1-19(2)28-30(21(4)12-14-41-28)46-33-23(16-25(40)29(42-33)27-20(3)10-9-11-24(27)39)31-32(35(46)48)43(15-13-38)34(47)26-18-44(22(5)17-45(26)31)36(49)50-37(6,7)8/h9-12,14,16,19,22,26H,13,15,17-18H2,1-8H3/t22-,26-/m1/s1. The van der Waals surface area contributed by atoms with Crippen LogP contribution >= 0.6 is 0 Å². The number of rotatable bonds is 5. The zero-order valence-corrected chi connectivity index (χ0v) is 29.5. The number of alkyl halides is 1. The third-order valence-corrected chi connectivity index (χ3v) is 9.22. The van der Waals surface area contributed by atoms with Crippen molar-refractivity contribution in [2.45, 2.75) is 79.0 Å². The topological polar surface area (TPSA) is 101 Å². The number of benzene rings is 1. The van der Waals surface area contributed by atoms with Crippen LogP contribution in [0.1, 0.15) is 64.3 Å². The van der Waals surface area contributed by atoms with Crippen molar-refractivity contribution < 1.29 is 27.5 Å². The molecule has 4 aromatic rings. The van der Waals surface area contributed by atoms with Gasteiger partial charge in [-0.3, -0.25) is 19.1 Å². The van der Waals surface area contributed by atoms with Crippen LogP contribution in [0.5, 0.6) is 0 Å². The first kappa shape index (κ1) is 34.9. The summed E-state index contributed by atoms with van der Waals surface area (Å²) in [6, 6.07) is 5.75. The largest absolute Gasteiger partial charge is 0.444 e. The Kier molecular flexibility index (Phi) is 8.90. The number of halogens is 3. The molecule has 2 amide bonds. The molecule has 2 aliphatic heterocycles. The number of carbonyl (C=O) groups is 2. The maximum absolute atomic E-state index is 16.4. The first-order chi connectivity index (χ1) is 23.5. The Morgan fingerprint density at radius 2 is 1.74 bits per heavy atom. The predicted octanol–water partition coefficient (Wildman–Crippen LogP) is 6.60. The molecule has 0 N–H and O–H groups in total. The normalized spacial score (nSPS) is 17.8. The van der Waals surface area contributed by atoms with E-state index in [1.54, 1.807) is 64.8 Å². The van der Waals surface area contributed by atoms with Crippen molar-refractivity contribution in [2.75, 3.05) is 36.1 Å². The van der Waals surface area contributed by atoms with E-state index >= 15 is 13.6 Å². The summed E-state index contributed by atoms with van der Waals surface area (Å²) in [7, 11) is 0. The molecule has 0 spiro atoms. The second-order valence-corrected chi connectivity index (χ2v) is 14.3. The Balaban J connectivity index is 1.71. The summed E-state index contributed by atoms with van der Waals surface area (Å²) in [5.41, 5.74) is 0.249. The molecule has 2 aliphatic rings. The number of hydrogen-bond acceptors (Lipinski definition) is 7. The quantitative estimate of drug-likeness (QED) is 0.233. The maximum atomic E-state index is 16.4. The summed E-state index contributed by atoms with van der Waals surface area (Å²) < 4.78 is 53.0. The van der Waals surface area contributed by atoms with Gasteiger partial charge in [0.25, 0.3) is 11.5 Å². The van der Waals surface area contributed by atoms with E-state index in [1.807, 2.05) is 13.8 Å². The van der Waals surface area contributed by atoms with Crippen LogP contribution in [-0.4, -0.2) is 75.4 Å². The molecular formula is C37H41F3N6O4. The lowest BCUT2D eigenvalue weighted by atomic mass is 9.97. The van der Waals surface area contributed by atoms with Gasteiger partial charge in [-0.2, -0.15) is 0 Å². The summed E-state index contributed by atoms with van der Waals surface area (Å²) in [6.45, 7) is 12.8. The Labute approximate surface area is 288 Å². The van der Waals surface area contributed by atoms with Crippen LogP contribution in [-0.2, 0) is 9.53 Å². The number of fused-ring (bicyclic) bond motifs is 5. The van der Waals surface area contributed by atoms with Crippen molar-refractivity contribution >= 4 is 34.4 Å². The summed E-state index contributed by atoms with van der Waals surface area (Å²) in [6.07, 6.45) is 1.00. The van der Waals surface area contributed by atoms with Gasteiger partial charge in [0.05, 0.1) is 30.2 Å². The molecule has 0 radical (unpaired) electrons. The number of aryl methyl sites for hydroxylation is 2. The van der Waals surface area contributed by atoms with Crippen LogP contribution in [0.15, 0.2) is 41.3 Å². The molecule has 3 aromatic heterocycles. The highest BCUT2D eigenvalue weighted by Gasteiger charge is 2.48. The molecule has 6 rings (SSSR count). The molecule has 50 heavy (non-hydrogen) atoms. The molecule has 1 aromatic carbocycles. The minimum Gasteiger partial charge on any atom is -0.444 e. The zero-order chi connectivity index (χ0) is 36.4. The Hall–Kier alpha value is -4.94. The molecule has 1 fully saturated rings. The van der Waals surface area contributed by atoms with Crippen molar-refractivity contribution in [3.8, 4) is 16.9 Å². The molecule has 0 saturated carbocycles. The average Bonchev–Trinajstić information content (AvgIpc) is 3.02. The van der Waals surface area contributed by atoms with Gasteiger partial charge >= 0.3 is 6.09 Å². The van der Waals surface area contributed by atoms with Crippen molar-refractivity contribution in [3.63, 3.8) is 0 Å². The van der Waals surface area contributed by atoms with Crippen LogP contribution in [0.4, 0.5) is 29.3 Å². The van der Waals surface area contributed by atoms with E-state index in [-0.39, 0.29) is 52.7 Å². The number of anilines is 2. The average molecular weight is 691 g/mol. The van der Waals surface area contributed by atoms with Gasteiger partial charge in [-0.05, 0) is 76.8 Å². The SMILES string of the molecule is Cc1cccc(F)c1-c1nc2c(cc1F)c1c(c(=O)n2-c2c(C)ccnc2C(C)C)N(CCF)C(=O)[C@H]2CN(C(=O)OC(C)(C)C)[C@H](C)CN12. The monoisotopic (exact) mass is 690 g/mol. The maximum Gasteiger partial charge on any atom is 0.410 e. The van der Waals surface area contributed by atoms with Crippen molar-refractivity contribution in [1.29, 1.82) is 0 Å². The zero-order valence-electron chi connectivity index (χ0n) is 29.5. The van der Waals surface area contributed by atoms with Gasteiger partial charge in [0.1, 0.15) is 41.3 Å². The summed E-state index contributed by atoms with van der Waals surface area (Å²) in [4.78, 5) is 56.1. The minimum absolute atomic E-state index is 0.0151. The fourth-order valence-electron chi connectivity index (χ4n) is 6.99. The fourth-order valence-corrected chi connectivity index (χ4v) is 6.99. The van der Waals surface area contributed by atoms with E-state index in [2.05, 4.69) is 4.98 Å². The molecule has 2 atom stereocenters. The van der Waals surface area contributed by atoms with Gasteiger partial charge in [0.15, 0.2) is 5.65 Å². The fraction of sp³-hybridized carbons (Fsp3) is 0.432. The molecule has 0 aliphatic carbocycles. The van der Waals surface area contributed by atoms with E-state index in [4.69, 9.17) is 9.72 Å². The highest BCUT2D eigenvalue weighted by atomic mass is 19.1. The smallest absolute Gasteiger partial charge is 0.410 e. The van der Waals surface area contributed by atoms with Crippen LogP contribution in [0, 0.1) is 25.5 Å².